The third-order valence-corrected chi connectivity index (χ3v) is 6.18. The lowest BCUT2D eigenvalue weighted by molar-refractivity contribution is -0.117. The van der Waals surface area contributed by atoms with Gasteiger partial charge in [0.1, 0.15) is 0 Å². The topological polar surface area (TPSA) is 84.0 Å². The third kappa shape index (κ3) is 4.29. The molecule has 30 heavy (non-hydrogen) atoms. The molecule has 0 saturated heterocycles. The van der Waals surface area contributed by atoms with Crippen LogP contribution < -0.4 is 9.80 Å². The average molecular weight is 451 g/mol. The summed E-state index contributed by atoms with van der Waals surface area (Å²) >= 11 is 6.15. The van der Waals surface area contributed by atoms with Crippen LogP contribution in [0, 0.1) is 0 Å². The molecule has 1 aliphatic heterocycles. The molecule has 9 heteroatoms. The quantitative estimate of drug-likeness (QED) is 0.702. The first-order valence-electron chi connectivity index (χ1n) is 9.42. The Morgan fingerprint density at radius 1 is 1.13 bits per heavy atom. The summed E-state index contributed by atoms with van der Waals surface area (Å²) in [6.07, 6.45) is 0.609. The van der Waals surface area contributed by atoms with Gasteiger partial charge in [-0.2, -0.15) is 0 Å². The SMILES string of the molecule is CCOC(=O)N1C[C@H](C)N(C(C)=O)c2ccc(-c3cc(Cl)cc(S(C)(=O)=O)c3)cc21. The van der Waals surface area contributed by atoms with Crippen molar-refractivity contribution in [2.45, 2.75) is 31.7 Å². The van der Waals surface area contributed by atoms with Gasteiger partial charge in [-0.25, -0.2) is 13.2 Å². The lowest BCUT2D eigenvalue weighted by Crippen LogP contribution is -2.51. The molecule has 0 fully saturated rings. The highest BCUT2D eigenvalue weighted by molar-refractivity contribution is 7.90. The minimum Gasteiger partial charge on any atom is -0.449 e. The largest absolute Gasteiger partial charge is 0.449 e. The molecule has 1 atom stereocenters. The van der Waals surface area contributed by atoms with E-state index in [1.54, 1.807) is 36.1 Å². The van der Waals surface area contributed by atoms with E-state index in [1.807, 2.05) is 6.92 Å². The summed E-state index contributed by atoms with van der Waals surface area (Å²) in [4.78, 5) is 28.0. The fourth-order valence-electron chi connectivity index (χ4n) is 3.60. The Morgan fingerprint density at radius 2 is 1.83 bits per heavy atom. The predicted molar refractivity (Wildman–Crippen MR) is 117 cm³/mol. The number of anilines is 2. The number of hydrogen-bond donors (Lipinski definition) is 0. The molecular formula is C21H23ClN2O5S. The molecule has 0 N–H and O–H groups in total. The maximum Gasteiger partial charge on any atom is 0.414 e. The fourth-order valence-corrected chi connectivity index (χ4v) is 4.58. The number of sulfone groups is 1. The van der Waals surface area contributed by atoms with Crippen molar-refractivity contribution in [3.63, 3.8) is 0 Å². The molecule has 0 radical (unpaired) electrons. The van der Waals surface area contributed by atoms with Crippen LogP contribution in [0.15, 0.2) is 41.3 Å². The molecule has 0 saturated carbocycles. The number of rotatable bonds is 3. The Kier molecular flexibility index (Phi) is 6.10. The molecule has 0 spiro atoms. The van der Waals surface area contributed by atoms with Gasteiger partial charge < -0.3 is 9.64 Å². The average Bonchev–Trinajstić information content (AvgIpc) is 2.65. The van der Waals surface area contributed by atoms with Gasteiger partial charge in [-0.15, -0.1) is 0 Å². The second-order valence-corrected chi connectivity index (χ2v) is 9.65. The molecule has 7 nitrogen and oxygen atoms in total. The van der Waals surface area contributed by atoms with Crippen molar-refractivity contribution >= 4 is 44.8 Å². The van der Waals surface area contributed by atoms with Crippen molar-refractivity contribution in [1.82, 2.24) is 0 Å². The zero-order chi connectivity index (χ0) is 22.2. The summed E-state index contributed by atoms with van der Waals surface area (Å²) < 4.78 is 29.2. The predicted octanol–water partition coefficient (Wildman–Crippen LogP) is 4.13. The Bertz CT molecular complexity index is 1120. The molecule has 160 valence electrons. The summed E-state index contributed by atoms with van der Waals surface area (Å²) in [6, 6.07) is 9.61. The van der Waals surface area contributed by atoms with Crippen LogP contribution in [0.2, 0.25) is 5.02 Å². The molecule has 1 heterocycles. The van der Waals surface area contributed by atoms with Crippen LogP contribution in [-0.4, -0.2) is 45.9 Å². The molecule has 2 aromatic carbocycles. The standard InChI is InChI=1S/C21H23ClN2O5S/c1-5-29-21(26)23-12-13(2)24(14(3)25)19-7-6-15(10-20(19)23)16-8-17(22)11-18(9-16)30(4,27)28/h6-11,13H,5,12H2,1-4H3/t13-/m0/s1. The minimum atomic E-state index is -3.45. The Labute approximate surface area is 181 Å². The number of amides is 2. The Morgan fingerprint density at radius 3 is 2.43 bits per heavy atom. The number of nitrogens with zero attached hydrogens (tertiary/aromatic N) is 2. The Balaban J connectivity index is 2.18. The summed E-state index contributed by atoms with van der Waals surface area (Å²) in [5.41, 5.74) is 2.35. The molecule has 0 aliphatic carbocycles. The van der Waals surface area contributed by atoms with Gasteiger partial charge in [0, 0.05) is 24.7 Å². The molecule has 0 unspecified atom stereocenters. The van der Waals surface area contributed by atoms with Crippen LogP contribution in [0.25, 0.3) is 11.1 Å². The lowest BCUT2D eigenvalue weighted by atomic mass is 10.0. The van der Waals surface area contributed by atoms with Gasteiger partial charge in [-0.05, 0) is 55.3 Å². The maximum atomic E-state index is 12.6. The number of benzene rings is 2. The molecule has 0 aromatic heterocycles. The van der Waals surface area contributed by atoms with E-state index in [9.17, 15) is 18.0 Å². The smallest absolute Gasteiger partial charge is 0.414 e. The number of hydrogen-bond acceptors (Lipinski definition) is 5. The zero-order valence-corrected chi connectivity index (χ0v) is 18.7. The monoisotopic (exact) mass is 450 g/mol. The summed E-state index contributed by atoms with van der Waals surface area (Å²) in [7, 11) is -3.45. The number of carbonyl (C=O) groups is 2. The minimum absolute atomic E-state index is 0.101. The second-order valence-electron chi connectivity index (χ2n) is 7.20. The number of halogens is 1. The van der Waals surface area contributed by atoms with Gasteiger partial charge >= 0.3 is 6.09 Å². The van der Waals surface area contributed by atoms with Crippen LogP contribution in [0.1, 0.15) is 20.8 Å². The van der Waals surface area contributed by atoms with Gasteiger partial charge in [0.05, 0.1) is 28.9 Å². The van der Waals surface area contributed by atoms with Crippen LogP contribution in [-0.2, 0) is 19.4 Å². The maximum absolute atomic E-state index is 12.6. The first-order valence-corrected chi connectivity index (χ1v) is 11.7. The number of fused-ring (bicyclic) bond motifs is 1. The normalized spacial score (nSPS) is 16.2. The first-order chi connectivity index (χ1) is 14.0. The van der Waals surface area contributed by atoms with Crippen molar-refractivity contribution in [2.24, 2.45) is 0 Å². The number of carbonyl (C=O) groups excluding carboxylic acids is 2. The van der Waals surface area contributed by atoms with E-state index in [2.05, 4.69) is 0 Å². The van der Waals surface area contributed by atoms with Crippen molar-refractivity contribution in [3.8, 4) is 11.1 Å². The van der Waals surface area contributed by atoms with E-state index < -0.39 is 15.9 Å². The highest BCUT2D eigenvalue weighted by atomic mass is 35.5. The van der Waals surface area contributed by atoms with E-state index in [-0.39, 0.29) is 35.0 Å². The van der Waals surface area contributed by atoms with E-state index in [4.69, 9.17) is 16.3 Å². The first kappa shape index (κ1) is 22.1. The van der Waals surface area contributed by atoms with Gasteiger partial charge in [0.25, 0.3) is 0 Å². The molecule has 1 aliphatic rings. The Hall–Kier alpha value is -2.58. The van der Waals surface area contributed by atoms with Crippen LogP contribution in [0.4, 0.5) is 16.2 Å². The third-order valence-electron chi connectivity index (χ3n) is 4.87. The van der Waals surface area contributed by atoms with Crippen molar-refractivity contribution in [3.05, 3.63) is 41.4 Å². The van der Waals surface area contributed by atoms with E-state index in [1.165, 1.54) is 24.0 Å². The fraction of sp³-hybridized carbons (Fsp3) is 0.333. The van der Waals surface area contributed by atoms with Crippen molar-refractivity contribution < 1.29 is 22.7 Å². The van der Waals surface area contributed by atoms with Crippen LogP contribution in [0.5, 0.6) is 0 Å². The lowest BCUT2D eigenvalue weighted by Gasteiger charge is -2.40. The van der Waals surface area contributed by atoms with Crippen molar-refractivity contribution in [2.75, 3.05) is 29.2 Å². The molecule has 2 amide bonds. The molecule has 0 bridgehead atoms. The summed E-state index contributed by atoms with van der Waals surface area (Å²) in [6.45, 7) is 5.56. The summed E-state index contributed by atoms with van der Waals surface area (Å²) in [5.74, 6) is -0.137. The van der Waals surface area contributed by atoms with Crippen LogP contribution >= 0.6 is 11.6 Å². The van der Waals surface area contributed by atoms with Crippen LogP contribution in [0.3, 0.4) is 0 Å². The number of ether oxygens (including phenoxy) is 1. The molecule has 3 rings (SSSR count). The highest BCUT2D eigenvalue weighted by Gasteiger charge is 2.34. The van der Waals surface area contributed by atoms with Crippen molar-refractivity contribution in [1.29, 1.82) is 0 Å². The molecular weight excluding hydrogens is 428 g/mol. The van der Waals surface area contributed by atoms with E-state index >= 15 is 0 Å². The second kappa shape index (κ2) is 8.28. The zero-order valence-electron chi connectivity index (χ0n) is 17.2. The van der Waals surface area contributed by atoms with E-state index in [0.717, 1.165) is 6.26 Å². The highest BCUT2D eigenvalue weighted by Crippen LogP contribution is 2.40. The molecule has 2 aromatic rings. The van der Waals surface area contributed by atoms with Gasteiger partial charge in [-0.1, -0.05) is 17.7 Å². The van der Waals surface area contributed by atoms with Gasteiger partial charge in [0.15, 0.2) is 9.84 Å². The van der Waals surface area contributed by atoms with E-state index in [0.29, 0.717) is 22.5 Å². The van der Waals surface area contributed by atoms with Gasteiger partial charge in [0.2, 0.25) is 5.91 Å². The summed E-state index contributed by atoms with van der Waals surface area (Å²) in [5, 5.41) is 0.284. The van der Waals surface area contributed by atoms with Gasteiger partial charge in [-0.3, -0.25) is 9.69 Å².